The number of anilines is 1. The first-order valence-corrected chi connectivity index (χ1v) is 9.58. The molecule has 2 aromatic carbocycles. The molecule has 0 aliphatic carbocycles. The average Bonchev–Trinajstić information content (AvgIpc) is 2.76. The molecule has 160 valence electrons. The van der Waals surface area contributed by atoms with Crippen LogP contribution in [-0.4, -0.2) is 55.0 Å². The van der Waals surface area contributed by atoms with E-state index in [9.17, 15) is 14.4 Å². The van der Waals surface area contributed by atoms with E-state index in [1.54, 1.807) is 55.5 Å². The molecule has 0 spiro atoms. The molecule has 0 aliphatic heterocycles. The molecule has 31 heavy (non-hydrogen) atoms. The highest BCUT2D eigenvalue weighted by Gasteiger charge is 2.18. The van der Waals surface area contributed by atoms with E-state index in [0.29, 0.717) is 33.6 Å². The summed E-state index contributed by atoms with van der Waals surface area (Å²) in [6.45, 7) is 1.12. The van der Waals surface area contributed by atoms with Crippen molar-refractivity contribution in [1.29, 1.82) is 0 Å². The number of esters is 1. The first-order chi connectivity index (χ1) is 14.9. The van der Waals surface area contributed by atoms with E-state index in [-0.39, 0.29) is 12.5 Å². The second-order valence-electron chi connectivity index (χ2n) is 6.93. The lowest BCUT2D eigenvalue weighted by Crippen LogP contribution is -2.37. The summed E-state index contributed by atoms with van der Waals surface area (Å²) in [6, 6.07) is 15.7. The zero-order valence-electron chi connectivity index (χ0n) is 17.5. The SMILES string of the molecule is COc1cccc(NC(=O)CN(C)C(=O)COC(=O)c2cc(C)nc3ccccc23)c1. The van der Waals surface area contributed by atoms with Gasteiger partial charge in [-0.2, -0.15) is 0 Å². The number of ether oxygens (including phenoxy) is 2. The molecule has 0 radical (unpaired) electrons. The predicted octanol–water partition coefficient (Wildman–Crippen LogP) is 2.81. The number of amides is 2. The van der Waals surface area contributed by atoms with E-state index in [2.05, 4.69) is 10.3 Å². The van der Waals surface area contributed by atoms with Gasteiger partial charge in [0.2, 0.25) is 5.91 Å². The fourth-order valence-corrected chi connectivity index (χ4v) is 3.00. The van der Waals surface area contributed by atoms with Crippen LogP contribution in [0.3, 0.4) is 0 Å². The average molecular weight is 421 g/mol. The number of nitrogens with one attached hydrogen (secondary N) is 1. The molecular formula is C23H23N3O5. The number of nitrogens with zero attached hydrogens (tertiary/aromatic N) is 2. The summed E-state index contributed by atoms with van der Waals surface area (Å²) < 4.78 is 10.3. The number of aromatic nitrogens is 1. The van der Waals surface area contributed by atoms with Crippen LogP contribution in [0.15, 0.2) is 54.6 Å². The molecule has 0 saturated heterocycles. The van der Waals surface area contributed by atoms with Gasteiger partial charge in [-0.1, -0.05) is 24.3 Å². The highest BCUT2D eigenvalue weighted by molar-refractivity contribution is 6.04. The number of methoxy groups -OCH3 is 1. The van der Waals surface area contributed by atoms with Crippen LogP contribution >= 0.6 is 0 Å². The third kappa shape index (κ3) is 5.57. The number of carbonyl (C=O) groups is 3. The zero-order chi connectivity index (χ0) is 22.4. The number of benzene rings is 2. The summed E-state index contributed by atoms with van der Waals surface area (Å²) in [5, 5.41) is 3.34. The summed E-state index contributed by atoms with van der Waals surface area (Å²) in [4.78, 5) is 42.7. The van der Waals surface area contributed by atoms with Gasteiger partial charge in [-0.05, 0) is 31.2 Å². The van der Waals surface area contributed by atoms with Crippen molar-refractivity contribution < 1.29 is 23.9 Å². The van der Waals surface area contributed by atoms with Gasteiger partial charge in [-0.25, -0.2) is 4.79 Å². The van der Waals surface area contributed by atoms with Gasteiger partial charge in [0.05, 0.1) is 24.7 Å². The zero-order valence-corrected chi connectivity index (χ0v) is 17.5. The molecule has 2 amide bonds. The van der Waals surface area contributed by atoms with Gasteiger partial charge >= 0.3 is 5.97 Å². The quantitative estimate of drug-likeness (QED) is 0.589. The van der Waals surface area contributed by atoms with Crippen molar-refractivity contribution in [2.45, 2.75) is 6.92 Å². The van der Waals surface area contributed by atoms with Crippen LogP contribution in [0.4, 0.5) is 5.69 Å². The second-order valence-corrected chi connectivity index (χ2v) is 6.93. The van der Waals surface area contributed by atoms with Gasteiger partial charge < -0.3 is 19.7 Å². The minimum absolute atomic E-state index is 0.190. The number of hydrogen-bond donors (Lipinski definition) is 1. The van der Waals surface area contributed by atoms with E-state index in [0.717, 1.165) is 0 Å². The van der Waals surface area contributed by atoms with Crippen molar-refractivity contribution in [3.63, 3.8) is 0 Å². The number of para-hydroxylation sites is 1. The first kappa shape index (κ1) is 21.8. The minimum atomic E-state index is -0.621. The molecule has 8 nitrogen and oxygen atoms in total. The van der Waals surface area contributed by atoms with Crippen molar-refractivity contribution >= 4 is 34.4 Å². The Morgan fingerprint density at radius 3 is 2.61 bits per heavy atom. The van der Waals surface area contributed by atoms with Crippen molar-refractivity contribution in [3.05, 3.63) is 65.9 Å². The molecule has 1 N–H and O–H groups in total. The summed E-state index contributed by atoms with van der Waals surface area (Å²) in [5.74, 6) is -0.896. The Labute approximate surface area is 179 Å². The van der Waals surface area contributed by atoms with Gasteiger partial charge in [-0.15, -0.1) is 0 Å². The standard InChI is InChI=1S/C23H23N3O5/c1-15-11-19(18-9-4-5-10-20(18)24-15)23(29)31-14-22(28)26(2)13-21(27)25-16-7-6-8-17(12-16)30-3/h4-12H,13-14H2,1-3H3,(H,25,27). The van der Waals surface area contributed by atoms with Crippen LogP contribution in [0.1, 0.15) is 16.1 Å². The summed E-state index contributed by atoms with van der Waals surface area (Å²) in [6.07, 6.45) is 0. The van der Waals surface area contributed by atoms with Crippen LogP contribution in [0.2, 0.25) is 0 Å². The number of likely N-dealkylation sites (N-methyl/N-ethyl adjacent to an activating group) is 1. The van der Waals surface area contributed by atoms with E-state index >= 15 is 0 Å². The Morgan fingerprint density at radius 1 is 1.06 bits per heavy atom. The molecular weight excluding hydrogens is 398 g/mol. The van der Waals surface area contributed by atoms with E-state index in [1.165, 1.54) is 19.1 Å². The Bertz CT molecular complexity index is 1130. The van der Waals surface area contributed by atoms with Crippen LogP contribution < -0.4 is 10.1 Å². The van der Waals surface area contributed by atoms with Crippen molar-refractivity contribution in [3.8, 4) is 5.75 Å². The van der Waals surface area contributed by atoms with Crippen molar-refractivity contribution in [2.24, 2.45) is 0 Å². The van der Waals surface area contributed by atoms with Gasteiger partial charge in [0.15, 0.2) is 6.61 Å². The molecule has 0 saturated carbocycles. The lowest BCUT2D eigenvalue weighted by molar-refractivity contribution is -0.136. The maximum atomic E-state index is 12.5. The minimum Gasteiger partial charge on any atom is -0.497 e. The summed E-state index contributed by atoms with van der Waals surface area (Å²) in [7, 11) is 3.00. The normalized spacial score (nSPS) is 10.4. The van der Waals surface area contributed by atoms with Crippen molar-refractivity contribution in [1.82, 2.24) is 9.88 Å². The molecule has 1 heterocycles. The van der Waals surface area contributed by atoms with Gasteiger partial charge in [0.25, 0.3) is 5.91 Å². The molecule has 0 fully saturated rings. The topological polar surface area (TPSA) is 97.8 Å². The molecule has 8 heteroatoms. The number of hydrogen-bond acceptors (Lipinski definition) is 6. The molecule has 3 aromatic rings. The number of carbonyl (C=O) groups excluding carboxylic acids is 3. The van der Waals surface area contributed by atoms with Crippen LogP contribution in [0.25, 0.3) is 10.9 Å². The van der Waals surface area contributed by atoms with E-state index in [4.69, 9.17) is 9.47 Å². The number of aryl methyl sites for hydroxylation is 1. The highest BCUT2D eigenvalue weighted by atomic mass is 16.5. The van der Waals surface area contributed by atoms with Crippen LogP contribution in [0, 0.1) is 6.92 Å². The van der Waals surface area contributed by atoms with Gasteiger partial charge in [0, 0.05) is 29.9 Å². The Hall–Kier alpha value is -3.94. The molecule has 0 atom stereocenters. The van der Waals surface area contributed by atoms with Crippen LogP contribution in [-0.2, 0) is 14.3 Å². The Balaban J connectivity index is 1.56. The number of rotatable bonds is 7. The number of fused-ring (bicyclic) bond motifs is 1. The van der Waals surface area contributed by atoms with E-state index < -0.39 is 18.5 Å². The maximum absolute atomic E-state index is 12.5. The number of pyridine rings is 1. The summed E-state index contributed by atoms with van der Waals surface area (Å²) in [5.41, 5.74) is 2.24. The fourth-order valence-electron chi connectivity index (χ4n) is 3.00. The van der Waals surface area contributed by atoms with E-state index in [1.807, 2.05) is 6.07 Å². The third-order valence-electron chi connectivity index (χ3n) is 4.55. The Kier molecular flexibility index (Phi) is 6.81. The molecule has 0 bridgehead atoms. The lowest BCUT2D eigenvalue weighted by Gasteiger charge is -2.17. The fraction of sp³-hybridized carbons (Fsp3) is 0.217. The Morgan fingerprint density at radius 2 is 1.84 bits per heavy atom. The van der Waals surface area contributed by atoms with Crippen LogP contribution in [0.5, 0.6) is 5.75 Å². The second kappa shape index (κ2) is 9.71. The first-order valence-electron chi connectivity index (χ1n) is 9.58. The molecule has 1 aromatic heterocycles. The third-order valence-corrected chi connectivity index (χ3v) is 4.55. The van der Waals surface area contributed by atoms with Gasteiger partial charge in [-0.3, -0.25) is 14.6 Å². The monoisotopic (exact) mass is 421 g/mol. The molecule has 0 aliphatic rings. The predicted molar refractivity (Wildman–Crippen MR) is 116 cm³/mol. The highest BCUT2D eigenvalue weighted by Crippen LogP contribution is 2.19. The molecule has 0 unspecified atom stereocenters. The van der Waals surface area contributed by atoms with Crippen molar-refractivity contribution in [2.75, 3.05) is 32.6 Å². The largest absolute Gasteiger partial charge is 0.497 e. The lowest BCUT2D eigenvalue weighted by atomic mass is 10.1. The smallest absolute Gasteiger partial charge is 0.339 e. The summed E-state index contributed by atoms with van der Waals surface area (Å²) >= 11 is 0. The molecule has 3 rings (SSSR count). The van der Waals surface area contributed by atoms with Gasteiger partial charge in [0.1, 0.15) is 5.75 Å². The maximum Gasteiger partial charge on any atom is 0.339 e.